The van der Waals surface area contributed by atoms with E-state index in [0.717, 1.165) is 50.8 Å². The number of likely N-dealkylation sites (tertiary alicyclic amines) is 1. The van der Waals surface area contributed by atoms with Crippen LogP contribution < -0.4 is 10.2 Å². The van der Waals surface area contributed by atoms with Gasteiger partial charge >= 0.3 is 0 Å². The Bertz CT molecular complexity index is 627. The Kier molecular flexibility index (Phi) is 5.98. The van der Waals surface area contributed by atoms with E-state index in [-0.39, 0.29) is 11.9 Å². The van der Waals surface area contributed by atoms with E-state index in [4.69, 9.17) is 4.74 Å². The van der Waals surface area contributed by atoms with Crippen molar-refractivity contribution in [3.63, 3.8) is 0 Å². The molecule has 0 saturated carbocycles. The molecule has 1 N–H and O–H groups in total. The molecule has 0 radical (unpaired) electrons. The van der Waals surface area contributed by atoms with Gasteiger partial charge in [-0.3, -0.25) is 9.69 Å². The summed E-state index contributed by atoms with van der Waals surface area (Å²) in [6.07, 6.45) is 6.28. The normalized spacial score (nSPS) is 27.2. The highest BCUT2D eigenvalue weighted by molar-refractivity contribution is 5.79. The van der Waals surface area contributed by atoms with Crippen molar-refractivity contribution in [2.75, 3.05) is 37.7 Å². The molecule has 3 aliphatic heterocycles. The maximum absolute atomic E-state index is 12.3. The van der Waals surface area contributed by atoms with Crippen molar-refractivity contribution in [1.29, 1.82) is 0 Å². The van der Waals surface area contributed by atoms with E-state index in [9.17, 15) is 4.79 Å². The van der Waals surface area contributed by atoms with Gasteiger partial charge in [0.15, 0.2) is 0 Å². The van der Waals surface area contributed by atoms with Crippen LogP contribution in [0.1, 0.15) is 44.6 Å². The van der Waals surface area contributed by atoms with Gasteiger partial charge in [-0.1, -0.05) is 12.1 Å². The molecule has 27 heavy (non-hydrogen) atoms. The Hall–Kier alpha value is -1.59. The predicted molar refractivity (Wildman–Crippen MR) is 108 cm³/mol. The molecule has 0 aromatic heterocycles. The summed E-state index contributed by atoms with van der Waals surface area (Å²) in [5.41, 5.74) is 2.38. The Morgan fingerprint density at radius 2 is 1.89 bits per heavy atom. The van der Waals surface area contributed by atoms with Gasteiger partial charge in [0, 0.05) is 50.1 Å². The topological polar surface area (TPSA) is 44.8 Å². The van der Waals surface area contributed by atoms with Gasteiger partial charge in [0.1, 0.15) is 0 Å². The highest BCUT2D eigenvalue weighted by Gasteiger charge is 2.32. The summed E-state index contributed by atoms with van der Waals surface area (Å²) in [7, 11) is 0. The van der Waals surface area contributed by atoms with Crippen LogP contribution in [0.2, 0.25) is 0 Å². The minimum atomic E-state index is 0.124. The van der Waals surface area contributed by atoms with Crippen LogP contribution in [-0.2, 0) is 16.0 Å². The fourth-order valence-electron chi connectivity index (χ4n) is 4.88. The molecule has 0 bridgehead atoms. The molecule has 0 unspecified atom stereocenters. The zero-order chi connectivity index (χ0) is 18.6. The van der Waals surface area contributed by atoms with E-state index in [1.54, 1.807) is 0 Å². The van der Waals surface area contributed by atoms with Crippen molar-refractivity contribution >= 4 is 11.6 Å². The van der Waals surface area contributed by atoms with E-state index in [2.05, 4.69) is 46.3 Å². The number of benzene rings is 1. The molecular weight excluding hydrogens is 338 g/mol. The number of nitrogens with zero attached hydrogens (tertiary/aromatic N) is 2. The third kappa shape index (κ3) is 4.64. The van der Waals surface area contributed by atoms with Crippen molar-refractivity contribution in [2.24, 2.45) is 0 Å². The monoisotopic (exact) mass is 371 g/mol. The molecule has 3 heterocycles. The van der Waals surface area contributed by atoms with Gasteiger partial charge in [0.2, 0.25) is 5.91 Å². The number of carbonyl (C=O) groups is 1. The first-order valence-electron chi connectivity index (χ1n) is 10.7. The molecule has 5 heteroatoms. The largest absolute Gasteiger partial charge is 0.381 e. The third-order valence-electron chi connectivity index (χ3n) is 6.49. The molecule has 4 rings (SSSR count). The average Bonchev–Trinajstić information content (AvgIpc) is 3.32. The molecule has 3 saturated heterocycles. The maximum Gasteiger partial charge on any atom is 0.224 e. The van der Waals surface area contributed by atoms with Gasteiger partial charge < -0.3 is 15.0 Å². The fourth-order valence-corrected chi connectivity index (χ4v) is 4.88. The molecule has 5 nitrogen and oxygen atoms in total. The number of anilines is 1. The zero-order valence-electron chi connectivity index (χ0n) is 16.5. The lowest BCUT2D eigenvalue weighted by Gasteiger charge is -2.28. The number of hydrogen-bond donors (Lipinski definition) is 1. The van der Waals surface area contributed by atoms with Crippen LogP contribution in [-0.4, -0.2) is 61.8 Å². The zero-order valence-corrected chi connectivity index (χ0v) is 16.5. The molecule has 1 amide bonds. The van der Waals surface area contributed by atoms with E-state index >= 15 is 0 Å². The molecule has 0 spiro atoms. The van der Waals surface area contributed by atoms with Gasteiger partial charge in [-0.25, -0.2) is 0 Å². The molecule has 0 aliphatic carbocycles. The highest BCUT2D eigenvalue weighted by Crippen LogP contribution is 2.28. The molecule has 3 fully saturated rings. The summed E-state index contributed by atoms with van der Waals surface area (Å²) in [6.45, 7) is 7.42. The summed E-state index contributed by atoms with van der Waals surface area (Å²) in [5.74, 6) is 0.124. The second kappa shape index (κ2) is 8.61. The van der Waals surface area contributed by atoms with Crippen LogP contribution in [0, 0.1) is 0 Å². The SMILES string of the molecule is C[C@H]1CCCN1[C@H]1CCN(c2ccc(CC(=O)NC3CCOCC3)cc2)C1. The first kappa shape index (κ1) is 18.8. The lowest BCUT2D eigenvalue weighted by Crippen LogP contribution is -2.39. The Balaban J connectivity index is 1.28. The average molecular weight is 372 g/mol. The summed E-state index contributed by atoms with van der Waals surface area (Å²) < 4.78 is 5.35. The molecule has 1 aromatic carbocycles. The number of ether oxygens (including phenoxy) is 1. The van der Waals surface area contributed by atoms with Crippen LogP contribution in [0.5, 0.6) is 0 Å². The van der Waals surface area contributed by atoms with E-state index in [0.29, 0.717) is 12.5 Å². The lowest BCUT2D eigenvalue weighted by molar-refractivity contribution is -0.121. The van der Waals surface area contributed by atoms with E-state index in [1.807, 2.05) is 0 Å². The van der Waals surface area contributed by atoms with E-state index < -0.39 is 0 Å². The number of hydrogen-bond acceptors (Lipinski definition) is 4. The van der Waals surface area contributed by atoms with Crippen molar-refractivity contribution in [3.8, 4) is 0 Å². The summed E-state index contributed by atoms with van der Waals surface area (Å²) in [5, 5.41) is 3.14. The van der Waals surface area contributed by atoms with Gasteiger partial charge in [-0.05, 0) is 63.3 Å². The smallest absolute Gasteiger partial charge is 0.224 e. The maximum atomic E-state index is 12.3. The van der Waals surface area contributed by atoms with Crippen molar-refractivity contribution in [1.82, 2.24) is 10.2 Å². The first-order chi connectivity index (χ1) is 13.2. The summed E-state index contributed by atoms with van der Waals surface area (Å²) >= 11 is 0. The number of rotatable bonds is 5. The number of carbonyl (C=O) groups excluding carboxylic acids is 1. The summed E-state index contributed by atoms with van der Waals surface area (Å²) in [4.78, 5) is 17.5. The fraction of sp³-hybridized carbons (Fsp3) is 0.682. The predicted octanol–water partition coefficient (Wildman–Crippen LogP) is 2.59. The molecule has 3 aliphatic rings. The van der Waals surface area contributed by atoms with Gasteiger partial charge in [0.25, 0.3) is 0 Å². The van der Waals surface area contributed by atoms with Crippen LogP contribution in [0.3, 0.4) is 0 Å². The van der Waals surface area contributed by atoms with E-state index in [1.165, 1.54) is 31.5 Å². The van der Waals surface area contributed by atoms with Crippen LogP contribution >= 0.6 is 0 Å². The lowest BCUT2D eigenvalue weighted by atomic mass is 10.1. The Morgan fingerprint density at radius 3 is 2.59 bits per heavy atom. The molecular formula is C22H33N3O2. The minimum Gasteiger partial charge on any atom is -0.381 e. The van der Waals surface area contributed by atoms with Gasteiger partial charge in [0.05, 0.1) is 6.42 Å². The highest BCUT2D eigenvalue weighted by atomic mass is 16.5. The number of nitrogens with one attached hydrogen (secondary N) is 1. The summed E-state index contributed by atoms with van der Waals surface area (Å²) in [6, 6.07) is 10.3. The second-order valence-electron chi connectivity index (χ2n) is 8.41. The van der Waals surface area contributed by atoms with Crippen LogP contribution in [0.15, 0.2) is 24.3 Å². The van der Waals surface area contributed by atoms with Crippen LogP contribution in [0.4, 0.5) is 5.69 Å². The quantitative estimate of drug-likeness (QED) is 0.864. The van der Waals surface area contributed by atoms with Crippen molar-refractivity contribution in [3.05, 3.63) is 29.8 Å². The third-order valence-corrected chi connectivity index (χ3v) is 6.49. The molecule has 1 aromatic rings. The second-order valence-corrected chi connectivity index (χ2v) is 8.41. The van der Waals surface area contributed by atoms with Crippen molar-refractivity contribution < 1.29 is 9.53 Å². The van der Waals surface area contributed by atoms with Crippen LogP contribution in [0.25, 0.3) is 0 Å². The Morgan fingerprint density at radius 1 is 1.11 bits per heavy atom. The molecule has 2 atom stereocenters. The number of amides is 1. The minimum absolute atomic E-state index is 0.124. The van der Waals surface area contributed by atoms with Crippen molar-refractivity contribution in [2.45, 2.75) is 63.6 Å². The standard InChI is InChI=1S/C22H33N3O2/c1-17-3-2-11-25(17)21-8-12-24(16-21)20-6-4-18(5-7-20)15-22(26)23-19-9-13-27-14-10-19/h4-7,17,19,21H,2-3,8-16H2,1H3,(H,23,26)/t17-,21-/m0/s1. The van der Waals surface area contributed by atoms with Gasteiger partial charge in [-0.15, -0.1) is 0 Å². The first-order valence-corrected chi connectivity index (χ1v) is 10.7. The van der Waals surface area contributed by atoms with Gasteiger partial charge in [-0.2, -0.15) is 0 Å². The molecule has 148 valence electrons. The Labute approximate surface area is 163 Å².